The first-order valence-corrected chi connectivity index (χ1v) is 6.64. The van der Waals surface area contributed by atoms with Crippen LogP contribution in [0.2, 0.25) is 5.02 Å². The predicted octanol–water partition coefficient (Wildman–Crippen LogP) is 3.11. The zero-order chi connectivity index (χ0) is 12.6. The number of hydrogen-bond donors (Lipinski definition) is 1. The summed E-state index contributed by atoms with van der Waals surface area (Å²) in [7, 11) is 0. The fraction of sp³-hybridized carbons (Fsp3) is 0.357. The molecule has 0 fully saturated rings. The van der Waals surface area contributed by atoms with Gasteiger partial charge in [0.15, 0.2) is 0 Å². The Balaban J connectivity index is 1.58. The number of aryl methyl sites for hydroxylation is 1. The van der Waals surface area contributed by atoms with Gasteiger partial charge in [-0.05, 0) is 31.0 Å². The van der Waals surface area contributed by atoms with Gasteiger partial charge in [-0.3, -0.25) is 0 Å². The Morgan fingerprint density at radius 1 is 1.22 bits per heavy atom. The van der Waals surface area contributed by atoms with Crippen LogP contribution >= 0.6 is 11.6 Å². The number of imidazole rings is 1. The molecule has 2 aromatic rings. The maximum Gasteiger partial charge on any atom is 0.0945 e. The number of benzene rings is 1. The highest BCUT2D eigenvalue weighted by atomic mass is 35.5. The normalized spacial score (nSPS) is 10.7. The third-order valence-corrected chi connectivity index (χ3v) is 3.22. The quantitative estimate of drug-likeness (QED) is 0.778. The van der Waals surface area contributed by atoms with E-state index in [9.17, 15) is 0 Å². The van der Waals surface area contributed by atoms with Gasteiger partial charge in [0.1, 0.15) is 0 Å². The maximum absolute atomic E-state index is 6.08. The molecule has 0 unspecified atom stereocenters. The van der Waals surface area contributed by atoms with E-state index in [0.29, 0.717) is 0 Å². The number of halogens is 1. The topological polar surface area (TPSA) is 29.9 Å². The summed E-state index contributed by atoms with van der Waals surface area (Å²) in [4.78, 5) is 4.02. The summed E-state index contributed by atoms with van der Waals surface area (Å²) >= 11 is 6.08. The summed E-state index contributed by atoms with van der Waals surface area (Å²) < 4.78 is 2.11. The Morgan fingerprint density at radius 3 is 2.89 bits per heavy atom. The number of hydrogen-bond acceptors (Lipinski definition) is 2. The minimum absolute atomic E-state index is 0.836. The predicted molar refractivity (Wildman–Crippen MR) is 74.6 cm³/mol. The lowest BCUT2D eigenvalue weighted by Crippen LogP contribution is -2.15. The molecule has 0 amide bonds. The molecule has 96 valence electrons. The summed E-state index contributed by atoms with van der Waals surface area (Å²) in [5, 5.41) is 4.25. The van der Waals surface area contributed by atoms with Crippen LogP contribution in [0.3, 0.4) is 0 Å². The van der Waals surface area contributed by atoms with Crippen LogP contribution in [-0.4, -0.2) is 16.1 Å². The van der Waals surface area contributed by atoms with Gasteiger partial charge >= 0.3 is 0 Å². The summed E-state index contributed by atoms with van der Waals surface area (Å²) in [6.07, 6.45) is 7.98. The number of nitrogens with one attached hydrogen (secondary N) is 1. The van der Waals surface area contributed by atoms with E-state index in [1.165, 1.54) is 0 Å². The maximum atomic E-state index is 6.08. The summed E-state index contributed by atoms with van der Waals surface area (Å²) in [6, 6.07) is 7.96. The van der Waals surface area contributed by atoms with Gasteiger partial charge in [0, 0.05) is 30.5 Å². The molecule has 1 N–H and O–H groups in total. The standard InChI is InChI=1S/C14H18ClN3/c15-14-6-2-1-5-13(14)11-16-7-3-4-9-18-10-8-17-12-18/h1-2,5-6,8,10,12,16H,3-4,7,9,11H2. The minimum atomic E-state index is 0.836. The molecule has 0 spiro atoms. The van der Waals surface area contributed by atoms with Crippen LogP contribution < -0.4 is 5.32 Å². The molecule has 0 saturated carbocycles. The largest absolute Gasteiger partial charge is 0.337 e. The van der Waals surface area contributed by atoms with Gasteiger partial charge in [0.05, 0.1) is 6.33 Å². The van der Waals surface area contributed by atoms with E-state index in [2.05, 4.69) is 20.9 Å². The fourth-order valence-electron chi connectivity index (χ4n) is 1.83. The third kappa shape index (κ3) is 4.17. The molecule has 0 aliphatic rings. The Morgan fingerprint density at radius 2 is 2.11 bits per heavy atom. The smallest absolute Gasteiger partial charge is 0.0945 e. The zero-order valence-corrected chi connectivity index (χ0v) is 11.1. The summed E-state index contributed by atoms with van der Waals surface area (Å²) in [5.41, 5.74) is 1.16. The van der Waals surface area contributed by atoms with Crippen molar-refractivity contribution in [3.05, 3.63) is 53.6 Å². The van der Waals surface area contributed by atoms with Crippen molar-refractivity contribution in [1.82, 2.24) is 14.9 Å². The molecule has 1 heterocycles. The lowest BCUT2D eigenvalue weighted by molar-refractivity contribution is 0.568. The molecule has 0 radical (unpaired) electrons. The first kappa shape index (κ1) is 13.1. The second kappa shape index (κ2) is 7.19. The number of aromatic nitrogens is 2. The lowest BCUT2D eigenvalue weighted by Gasteiger charge is -2.06. The van der Waals surface area contributed by atoms with Crippen molar-refractivity contribution in [2.75, 3.05) is 6.54 Å². The van der Waals surface area contributed by atoms with E-state index in [0.717, 1.165) is 43.1 Å². The molecule has 0 aliphatic carbocycles. The molecule has 0 aliphatic heterocycles. The van der Waals surface area contributed by atoms with Gasteiger partial charge in [-0.25, -0.2) is 4.98 Å². The van der Waals surface area contributed by atoms with E-state index in [1.54, 1.807) is 0 Å². The molecule has 1 aromatic carbocycles. The molecule has 0 atom stereocenters. The summed E-state index contributed by atoms with van der Waals surface area (Å²) in [5.74, 6) is 0. The van der Waals surface area contributed by atoms with Crippen molar-refractivity contribution in [3.63, 3.8) is 0 Å². The van der Waals surface area contributed by atoms with Crippen LogP contribution in [0.4, 0.5) is 0 Å². The number of nitrogens with zero attached hydrogens (tertiary/aromatic N) is 2. The van der Waals surface area contributed by atoms with Gasteiger partial charge in [0.2, 0.25) is 0 Å². The van der Waals surface area contributed by atoms with Crippen molar-refractivity contribution in [2.24, 2.45) is 0 Å². The highest BCUT2D eigenvalue weighted by molar-refractivity contribution is 6.31. The van der Waals surface area contributed by atoms with Crippen molar-refractivity contribution >= 4 is 11.6 Å². The Kier molecular flexibility index (Phi) is 5.24. The first-order chi connectivity index (χ1) is 8.86. The number of rotatable bonds is 7. The van der Waals surface area contributed by atoms with Crippen molar-refractivity contribution in [2.45, 2.75) is 25.9 Å². The van der Waals surface area contributed by atoms with Gasteiger partial charge in [-0.15, -0.1) is 0 Å². The Labute approximate surface area is 113 Å². The second-order valence-corrected chi connectivity index (χ2v) is 4.68. The van der Waals surface area contributed by atoms with Crippen LogP contribution in [-0.2, 0) is 13.1 Å². The molecule has 18 heavy (non-hydrogen) atoms. The average molecular weight is 264 g/mol. The van der Waals surface area contributed by atoms with Crippen LogP contribution in [0.15, 0.2) is 43.0 Å². The van der Waals surface area contributed by atoms with E-state index in [4.69, 9.17) is 11.6 Å². The van der Waals surface area contributed by atoms with Gasteiger partial charge in [0.25, 0.3) is 0 Å². The fourth-order valence-corrected chi connectivity index (χ4v) is 2.03. The van der Waals surface area contributed by atoms with Crippen LogP contribution in [0, 0.1) is 0 Å². The molecule has 3 nitrogen and oxygen atoms in total. The van der Waals surface area contributed by atoms with E-state index < -0.39 is 0 Å². The minimum Gasteiger partial charge on any atom is -0.337 e. The van der Waals surface area contributed by atoms with Crippen molar-refractivity contribution in [1.29, 1.82) is 0 Å². The van der Waals surface area contributed by atoms with Crippen LogP contribution in [0.5, 0.6) is 0 Å². The van der Waals surface area contributed by atoms with Gasteiger partial charge in [-0.1, -0.05) is 29.8 Å². The molecule has 0 saturated heterocycles. The summed E-state index contributed by atoms with van der Waals surface area (Å²) in [6.45, 7) is 2.89. The first-order valence-electron chi connectivity index (χ1n) is 6.26. The highest BCUT2D eigenvalue weighted by Crippen LogP contribution is 2.14. The average Bonchev–Trinajstić information content (AvgIpc) is 2.89. The lowest BCUT2D eigenvalue weighted by atomic mass is 10.2. The van der Waals surface area contributed by atoms with Gasteiger partial charge < -0.3 is 9.88 Å². The van der Waals surface area contributed by atoms with E-state index in [-0.39, 0.29) is 0 Å². The monoisotopic (exact) mass is 263 g/mol. The van der Waals surface area contributed by atoms with Crippen molar-refractivity contribution in [3.8, 4) is 0 Å². The van der Waals surface area contributed by atoms with E-state index >= 15 is 0 Å². The molecule has 1 aromatic heterocycles. The van der Waals surface area contributed by atoms with Crippen molar-refractivity contribution < 1.29 is 0 Å². The van der Waals surface area contributed by atoms with Crippen LogP contribution in [0.1, 0.15) is 18.4 Å². The Hall–Kier alpha value is -1.32. The van der Waals surface area contributed by atoms with Crippen LogP contribution in [0.25, 0.3) is 0 Å². The molecular weight excluding hydrogens is 246 g/mol. The second-order valence-electron chi connectivity index (χ2n) is 4.28. The molecular formula is C14H18ClN3. The highest BCUT2D eigenvalue weighted by Gasteiger charge is 1.97. The Bertz CT molecular complexity index is 454. The molecule has 2 rings (SSSR count). The molecule has 4 heteroatoms. The van der Waals surface area contributed by atoms with Gasteiger partial charge in [-0.2, -0.15) is 0 Å². The molecule has 0 bridgehead atoms. The SMILES string of the molecule is Clc1ccccc1CNCCCCn1ccnc1. The zero-order valence-electron chi connectivity index (χ0n) is 10.3. The van der Waals surface area contributed by atoms with E-state index in [1.807, 2.05) is 36.9 Å². The third-order valence-electron chi connectivity index (χ3n) is 2.85. The number of unbranched alkanes of at least 4 members (excludes halogenated alkanes) is 1.